The quantitative estimate of drug-likeness (QED) is 0.401. The third-order valence-corrected chi connectivity index (χ3v) is 6.92. The van der Waals surface area contributed by atoms with Crippen LogP contribution in [0.5, 0.6) is 0 Å². The Bertz CT molecular complexity index is 1140. The van der Waals surface area contributed by atoms with Crippen LogP contribution in [0.2, 0.25) is 0 Å². The number of nitrogens with zero attached hydrogens (tertiary/aromatic N) is 2. The van der Waals surface area contributed by atoms with Crippen molar-refractivity contribution >= 4 is 23.3 Å². The summed E-state index contributed by atoms with van der Waals surface area (Å²) in [5, 5.41) is 4.28. The molecule has 2 fully saturated rings. The van der Waals surface area contributed by atoms with Gasteiger partial charge >= 0.3 is 5.97 Å². The van der Waals surface area contributed by atoms with Gasteiger partial charge in [-0.1, -0.05) is 37.5 Å². The number of nitrogens with one attached hydrogen (secondary N) is 1. The molecule has 170 valence electrons. The van der Waals surface area contributed by atoms with E-state index in [-0.39, 0.29) is 18.1 Å². The maximum Gasteiger partial charge on any atom is 0.337 e. The SMILES string of the molecule is COC(=O)c1cccc(-c2ccc([C@H]3[C@H](c4ccccn4)NC(=S)N3C3CCCCC3)o2)c1. The van der Waals surface area contributed by atoms with E-state index in [0.29, 0.717) is 17.4 Å². The fourth-order valence-electron chi connectivity index (χ4n) is 5.01. The third-order valence-electron chi connectivity index (χ3n) is 6.59. The Morgan fingerprint density at radius 1 is 1.12 bits per heavy atom. The van der Waals surface area contributed by atoms with E-state index in [2.05, 4.69) is 15.2 Å². The van der Waals surface area contributed by atoms with Crippen molar-refractivity contribution in [1.29, 1.82) is 0 Å². The highest BCUT2D eigenvalue weighted by molar-refractivity contribution is 7.80. The molecule has 2 aliphatic rings. The summed E-state index contributed by atoms with van der Waals surface area (Å²) in [4.78, 5) is 18.9. The van der Waals surface area contributed by atoms with Crippen LogP contribution in [0.15, 0.2) is 65.2 Å². The second-order valence-electron chi connectivity index (χ2n) is 8.60. The summed E-state index contributed by atoms with van der Waals surface area (Å²) in [6.45, 7) is 0. The molecule has 3 aromatic rings. The molecular weight excluding hydrogens is 434 g/mol. The molecule has 0 radical (unpaired) electrons. The van der Waals surface area contributed by atoms with Gasteiger partial charge in [0.2, 0.25) is 0 Å². The molecule has 1 saturated carbocycles. The first-order chi connectivity index (χ1) is 16.2. The van der Waals surface area contributed by atoms with E-state index >= 15 is 0 Å². The number of rotatable bonds is 5. The number of pyridine rings is 1. The largest absolute Gasteiger partial charge is 0.465 e. The van der Waals surface area contributed by atoms with Crippen molar-refractivity contribution < 1.29 is 13.9 Å². The molecule has 2 aromatic heterocycles. The average molecular weight is 462 g/mol. The fraction of sp³-hybridized carbons (Fsp3) is 0.346. The summed E-state index contributed by atoms with van der Waals surface area (Å²) in [6, 6.07) is 17.4. The lowest BCUT2D eigenvalue weighted by Crippen LogP contribution is -2.40. The Labute approximate surface area is 199 Å². The highest BCUT2D eigenvalue weighted by Gasteiger charge is 2.44. The van der Waals surface area contributed by atoms with Crippen LogP contribution in [0, 0.1) is 0 Å². The van der Waals surface area contributed by atoms with Crippen molar-refractivity contribution in [3.05, 3.63) is 77.8 Å². The van der Waals surface area contributed by atoms with Gasteiger partial charge in [0.05, 0.1) is 24.4 Å². The van der Waals surface area contributed by atoms with Crippen LogP contribution in [0.4, 0.5) is 0 Å². The molecule has 0 unspecified atom stereocenters. The molecule has 7 heteroatoms. The molecule has 1 N–H and O–H groups in total. The predicted molar refractivity (Wildman–Crippen MR) is 130 cm³/mol. The van der Waals surface area contributed by atoms with Crippen molar-refractivity contribution in [3.8, 4) is 11.3 Å². The Morgan fingerprint density at radius 2 is 1.97 bits per heavy atom. The number of methoxy groups -OCH3 is 1. The molecular formula is C26H27N3O3S. The van der Waals surface area contributed by atoms with Gasteiger partial charge in [-0.15, -0.1) is 0 Å². The molecule has 0 bridgehead atoms. The number of hydrogen-bond acceptors (Lipinski definition) is 5. The second kappa shape index (κ2) is 9.35. The first-order valence-corrected chi connectivity index (χ1v) is 11.8. The Morgan fingerprint density at radius 3 is 2.73 bits per heavy atom. The van der Waals surface area contributed by atoms with E-state index in [9.17, 15) is 4.79 Å². The molecule has 2 atom stereocenters. The highest BCUT2D eigenvalue weighted by Crippen LogP contribution is 2.43. The first-order valence-electron chi connectivity index (χ1n) is 11.4. The van der Waals surface area contributed by atoms with Gasteiger partial charge < -0.3 is 19.4 Å². The van der Waals surface area contributed by atoms with Gasteiger partial charge in [0.25, 0.3) is 0 Å². The van der Waals surface area contributed by atoms with Gasteiger partial charge in [-0.3, -0.25) is 4.98 Å². The van der Waals surface area contributed by atoms with E-state index in [1.807, 2.05) is 48.7 Å². The number of carbonyl (C=O) groups is 1. The Hall–Kier alpha value is -3.19. The molecule has 5 rings (SSSR count). The molecule has 0 spiro atoms. The van der Waals surface area contributed by atoms with Gasteiger partial charge in [-0.25, -0.2) is 4.79 Å². The Balaban J connectivity index is 1.52. The smallest absolute Gasteiger partial charge is 0.337 e. The molecule has 1 saturated heterocycles. The monoisotopic (exact) mass is 461 g/mol. The maximum atomic E-state index is 12.0. The van der Waals surface area contributed by atoms with Crippen LogP contribution < -0.4 is 5.32 Å². The van der Waals surface area contributed by atoms with Crippen molar-refractivity contribution in [2.75, 3.05) is 7.11 Å². The zero-order chi connectivity index (χ0) is 22.8. The highest BCUT2D eigenvalue weighted by atomic mass is 32.1. The number of benzene rings is 1. The van der Waals surface area contributed by atoms with Crippen molar-refractivity contribution in [2.24, 2.45) is 0 Å². The summed E-state index contributed by atoms with van der Waals surface area (Å²) in [6.07, 6.45) is 7.78. The van der Waals surface area contributed by atoms with Gasteiger partial charge in [-0.05, 0) is 61.5 Å². The van der Waals surface area contributed by atoms with E-state index in [4.69, 9.17) is 21.4 Å². The molecule has 1 aliphatic heterocycles. The maximum absolute atomic E-state index is 12.0. The van der Waals surface area contributed by atoms with E-state index in [0.717, 1.165) is 35.0 Å². The number of carbonyl (C=O) groups excluding carboxylic acids is 1. The van der Waals surface area contributed by atoms with Crippen LogP contribution in [0.25, 0.3) is 11.3 Å². The van der Waals surface area contributed by atoms with Gasteiger partial charge in [-0.2, -0.15) is 0 Å². The first kappa shape index (κ1) is 21.6. The molecule has 0 amide bonds. The van der Waals surface area contributed by atoms with E-state index in [1.165, 1.54) is 26.4 Å². The summed E-state index contributed by atoms with van der Waals surface area (Å²) in [5.74, 6) is 1.17. The van der Waals surface area contributed by atoms with Crippen LogP contribution >= 0.6 is 12.2 Å². The molecule has 3 heterocycles. The average Bonchev–Trinajstić information content (AvgIpc) is 3.49. The Kier molecular flexibility index (Phi) is 6.13. The van der Waals surface area contributed by atoms with Crippen LogP contribution in [0.3, 0.4) is 0 Å². The lowest BCUT2D eigenvalue weighted by molar-refractivity contribution is 0.0601. The van der Waals surface area contributed by atoms with Crippen LogP contribution in [-0.4, -0.2) is 34.1 Å². The molecule has 33 heavy (non-hydrogen) atoms. The molecule has 1 aromatic carbocycles. The number of esters is 1. The summed E-state index contributed by atoms with van der Waals surface area (Å²) in [7, 11) is 1.38. The molecule has 1 aliphatic carbocycles. The van der Waals surface area contributed by atoms with Crippen LogP contribution in [-0.2, 0) is 4.74 Å². The number of furan rings is 1. The fourth-order valence-corrected chi connectivity index (χ4v) is 5.40. The standard InChI is InChI=1S/C26H27N3O3S/c1-31-25(30)18-9-7-8-17(16-18)21-13-14-22(32-21)24-23(20-12-5-6-15-27-20)28-26(33)29(24)19-10-3-2-4-11-19/h5-9,12-16,19,23-24H,2-4,10-11H2,1H3,(H,28,33)/t23-,24-/m0/s1. The summed E-state index contributed by atoms with van der Waals surface area (Å²) < 4.78 is 11.3. The lowest BCUT2D eigenvalue weighted by atomic mass is 9.92. The van der Waals surface area contributed by atoms with Crippen molar-refractivity contribution in [1.82, 2.24) is 15.2 Å². The predicted octanol–water partition coefficient (Wildman–Crippen LogP) is 5.43. The van der Waals surface area contributed by atoms with E-state index in [1.54, 1.807) is 12.1 Å². The zero-order valence-electron chi connectivity index (χ0n) is 18.6. The minimum atomic E-state index is -0.368. The number of aromatic nitrogens is 1. The second-order valence-corrected chi connectivity index (χ2v) is 8.99. The number of ether oxygens (including phenoxy) is 1. The van der Waals surface area contributed by atoms with Crippen molar-refractivity contribution in [2.45, 2.75) is 50.2 Å². The summed E-state index contributed by atoms with van der Waals surface area (Å²) >= 11 is 5.83. The number of thiocarbonyl (C=S) groups is 1. The normalized spacial score (nSPS) is 21.1. The topological polar surface area (TPSA) is 67.6 Å². The number of hydrogen-bond donors (Lipinski definition) is 1. The zero-order valence-corrected chi connectivity index (χ0v) is 19.4. The third kappa shape index (κ3) is 4.25. The van der Waals surface area contributed by atoms with Gasteiger partial charge in [0.1, 0.15) is 17.6 Å². The molecule has 6 nitrogen and oxygen atoms in total. The lowest BCUT2D eigenvalue weighted by Gasteiger charge is -2.36. The van der Waals surface area contributed by atoms with Crippen LogP contribution in [0.1, 0.15) is 66.0 Å². The minimum Gasteiger partial charge on any atom is -0.465 e. The summed E-state index contributed by atoms with van der Waals surface area (Å²) in [5.41, 5.74) is 2.26. The van der Waals surface area contributed by atoms with E-state index < -0.39 is 0 Å². The van der Waals surface area contributed by atoms with Crippen molar-refractivity contribution in [3.63, 3.8) is 0 Å². The van der Waals surface area contributed by atoms with Gasteiger partial charge in [0.15, 0.2) is 5.11 Å². The van der Waals surface area contributed by atoms with Gasteiger partial charge in [0, 0.05) is 17.8 Å². The minimum absolute atomic E-state index is 0.0898.